The summed E-state index contributed by atoms with van der Waals surface area (Å²) in [6, 6.07) is 2.02. The Morgan fingerprint density at radius 3 is 2.95 bits per heavy atom. The van der Waals surface area contributed by atoms with E-state index >= 15 is 0 Å². The van der Waals surface area contributed by atoms with Gasteiger partial charge in [0.2, 0.25) is 5.89 Å². The zero-order valence-electron chi connectivity index (χ0n) is 11.2. The molecule has 0 amide bonds. The van der Waals surface area contributed by atoms with Crippen molar-refractivity contribution >= 4 is 5.82 Å². The fourth-order valence-electron chi connectivity index (χ4n) is 2.49. The van der Waals surface area contributed by atoms with E-state index in [9.17, 15) is 0 Å². The number of aromatic nitrogens is 4. The molecule has 0 aromatic carbocycles. The fourth-order valence-corrected chi connectivity index (χ4v) is 2.49. The predicted octanol–water partition coefficient (Wildman–Crippen LogP) is 1.86. The van der Waals surface area contributed by atoms with Crippen LogP contribution in [0.1, 0.15) is 36.2 Å². The van der Waals surface area contributed by atoms with E-state index in [0.717, 1.165) is 43.3 Å². The van der Waals surface area contributed by atoms with Crippen molar-refractivity contribution in [2.75, 3.05) is 18.0 Å². The highest BCUT2D eigenvalue weighted by Crippen LogP contribution is 2.27. The van der Waals surface area contributed by atoms with Crippen LogP contribution in [0, 0.1) is 13.8 Å². The highest BCUT2D eigenvalue weighted by Gasteiger charge is 2.25. The van der Waals surface area contributed by atoms with Crippen molar-refractivity contribution in [1.82, 2.24) is 20.1 Å². The van der Waals surface area contributed by atoms with E-state index in [1.54, 1.807) is 6.33 Å². The Hall–Kier alpha value is -1.98. The van der Waals surface area contributed by atoms with E-state index in [-0.39, 0.29) is 0 Å². The molecule has 100 valence electrons. The molecule has 0 spiro atoms. The van der Waals surface area contributed by atoms with Gasteiger partial charge in [-0.15, -0.1) is 0 Å². The first-order valence-electron chi connectivity index (χ1n) is 6.56. The van der Waals surface area contributed by atoms with E-state index in [4.69, 9.17) is 4.52 Å². The summed E-state index contributed by atoms with van der Waals surface area (Å²) in [5.41, 5.74) is 0.988. The van der Waals surface area contributed by atoms with Crippen LogP contribution in [0.2, 0.25) is 0 Å². The van der Waals surface area contributed by atoms with Crippen molar-refractivity contribution in [2.45, 2.75) is 32.6 Å². The van der Waals surface area contributed by atoms with Gasteiger partial charge in [0.15, 0.2) is 5.82 Å². The van der Waals surface area contributed by atoms with E-state index in [1.807, 2.05) is 19.9 Å². The molecule has 2 aromatic rings. The molecule has 6 heteroatoms. The van der Waals surface area contributed by atoms with Crippen molar-refractivity contribution in [3.63, 3.8) is 0 Å². The number of hydrogen-bond acceptors (Lipinski definition) is 6. The van der Waals surface area contributed by atoms with Crippen molar-refractivity contribution < 1.29 is 4.52 Å². The fraction of sp³-hybridized carbons (Fsp3) is 0.538. The van der Waals surface area contributed by atoms with Gasteiger partial charge in [0.05, 0.1) is 0 Å². The van der Waals surface area contributed by atoms with Crippen molar-refractivity contribution in [1.29, 1.82) is 0 Å². The van der Waals surface area contributed by atoms with Crippen LogP contribution in [0.5, 0.6) is 0 Å². The van der Waals surface area contributed by atoms with E-state index < -0.39 is 0 Å². The molecule has 1 atom stereocenters. The smallest absolute Gasteiger partial charge is 0.223 e. The first-order valence-corrected chi connectivity index (χ1v) is 6.56. The SMILES string of the molecule is Cc1cc(N2CCCC(c3noc(C)n3)C2)ncn1. The molecule has 0 aliphatic carbocycles. The lowest BCUT2D eigenvalue weighted by Crippen LogP contribution is -2.35. The molecule has 0 radical (unpaired) electrons. The molecule has 19 heavy (non-hydrogen) atoms. The van der Waals surface area contributed by atoms with Crippen LogP contribution >= 0.6 is 0 Å². The van der Waals surface area contributed by atoms with Gasteiger partial charge in [-0.05, 0) is 19.8 Å². The summed E-state index contributed by atoms with van der Waals surface area (Å²) in [7, 11) is 0. The van der Waals surface area contributed by atoms with Crippen molar-refractivity contribution in [3.05, 3.63) is 29.8 Å². The van der Waals surface area contributed by atoms with Gasteiger partial charge in [0, 0.05) is 37.7 Å². The number of piperidine rings is 1. The summed E-state index contributed by atoms with van der Waals surface area (Å²) in [5, 5.41) is 4.04. The van der Waals surface area contributed by atoms with Crippen LogP contribution in [0.25, 0.3) is 0 Å². The molecule has 1 fully saturated rings. The summed E-state index contributed by atoms with van der Waals surface area (Å²) in [6.07, 6.45) is 3.83. The lowest BCUT2D eigenvalue weighted by atomic mass is 9.97. The molecule has 0 saturated carbocycles. The zero-order valence-corrected chi connectivity index (χ0v) is 11.2. The van der Waals surface area contributed by atoms with Gasteiger partial charge in [-0.2, -0.15) is 4.98 Å². The van der Waals surface area contributed by atoms with Gasteiger partial charge in [-0.25, -0.2) is 9.97 Å². The maximum Gasteiger partial charge on any atom is 0.223 e. The molecule has 0 N–H and O–H groups in total. The Labute approximate surface area is 111 Å². The van der Waals surface area contributed by atoms with Crippen LogP contribution in [0.15, 0.2) is 16.9 Å². The van der Waals surface area contributed by atoms with Gasteiger partial charge in [-0.3, -0.25) is 0 Å². The third-order valence-corrected chi connectivity index (χ3v) is 3.44. The molecular weight excluding hydrogens is 242 g/mol. The number of rotatable bonds is 2. The van der Waals surface area contributed by atoms with Crippen molar-refractivity contribution in [3.8, 4) is 0 Å². The second kappa shape index (κ2) is 4.95. The van der Waals surface area contributed by atoms with Crippen LogP contribution in [-0.4, -0.2) is 33.2 Å². The van der Waals surface area contributed by atoms with E-state index in [2.05, 4.69) is 25.0 Å². The lowest BCUT2D eigenvalue weighted by Gasteiger charge is -2.32. The Morgan fingerprint density at radius 1 is 1.32 bits per heavy atom. The third-order valence-electron chi connectivity index (χ3n) is 3.44. The maximum absolute atomic E-state index is 5.07. The quantitative estimate of drug-likeness (QED) is 0.820. The van der Waals surface area contributed by atoms with Crippen LogP contribution in [-0.2, 0) is 0 Å². The molecule has 3 rings (SSSR count). The first kappa shape index (κ1) is 12.1. The topological polar surface area (TPSA) is 67.9 Å². The molecule has 2 aromatic heterocycles. The molecule has 1 aliphatic rings. The summed E-state index contributed by atoms with van der Waals surface area (Å²) in [6.45, 7) is 5.71. The van der Waals surface area contributed by atoms with E-state index in [1.165, 1.54) is 0 Å². The largest absolute Gasteiger partial charge is 0.356 e. The number of aryl methyl sites for hydroxylation is 2. The Balaban J connectivity index is 1.78. The third kappa shape index (κ3) is 2.57. The second-order valence-corrected chi connectivity index (χ2v) is 4.97. The molecule has 1 aliphatic heterocycles. The normalized spacial score (nSPS) is 19.7. The lowest BCUT2D eigenvalue weighted by molar-refractivity contribution is 0.376. The Morgan fingerprint density at radius 2 is 2.21 bits per heavy atom. The highest BCUT2D eigenvalue weighted by molar-refractivity contribution is 5.39. The Kier molecular flexibility index (Phi) is 3.15. The van der Waals surface area contributed by atoms with E-state index in [0.29, 0.717) is 11.8 Å². The number of nitrogens with zero attached hydrogens (tertiary/aromatic N) is 5. The molecule has 6 nitrogen and oxygen atoms in total. The minimum absolute atomic E-state index is 0.321. The average molecular weight is 259 g/mol. The minimum Gasteiger partial charge on any atom is -0.356 e. The predicted molar refractivity (Wildman–Crippen MR) is 70.0 cm³/mol. The van der Waals surface area contributed by atoms with Crippen LogP contribution < -0.4 is 4.90 Å². The Bertz CT molecular complexity index is 568. The standard InChI is InChI=1S/C13H17N5O/c1-9-6-12(15-8-14-9)18-5-3-4-11(7-18)13-16-10(2)19-17-13/h6,8,11H,3-5,7H2,1-2H3. The molecule has 1 unspecified atom stereocenters. The summed E-state index contributed by atoms with van der Waals surface area (Å²) >= 11 is 0. The monoisotopic (exact) mass is 259 g/mol. The summed E-state index contributed by atoms with van der Waals surface area (Å²) in [5.74, 6) is 2.75. The molecule has 3 heterocycles. The van der Waals surface area contributed by atoms with Gasteiger partial charge < -0.3 is 9.42 Å². The van der Waals surface area contributed by atoms with Gasteiger partial charge in [0.25, 0.3) is 0 Å². The molecule has 0 bridgehead atoms. The number of anilines is 1. The van der Waals surface area contributed by atoms with Crippen molar-refractivity contribution in [2.24, 2.45) is 0 Å². The summed E-state index contributed by atoms with van der Waals surface area (Å²) < 4.78 is 5.07. The van der Waals surface area contributed by atoms with Crippen LogP contribution in [0.3, 0.4) is 0 Å². The average Bonchev–Trinajstić information content (AvgIpc) is 2.86. The molecule has 1 saturated heterocycles. The highest BCUT2D eigenvalue weighted by atomic mass is 16.5. The first-order chi connectivity index (χ1) is 9.22. The number of hydrogen-bond donors (Lipinski definition) is 0. The van der Waals surface area contributed by atoms with Gasteiger partial charge in [0.1, 0.15) is 12.1 Å². The minimum atomic E-state index is 0.321. The van der Waals surface area contributed by atoms with Gasteiger partial charge >= 0.3 is 0 Å². The van der Waals surface area contributed by atoms with Gasteiger partial charge in [-0.1, -0.05) is 5.16 Å². The molecular formula is C13H17N5O. The zero-order chi connectivity index (χ0) is 13.2. The maximum atomic E-state index is 5.07. The summed E-state index contributed by atoms with van der Waals surface area (Å²) in [4.78, 5) is 15.1. The second-order valence-electron chi connectivity index (χ2n) is 4.97. The van der Waals surface area contributed by atoms with Crippen LogP contribution in [0.4, 0.5) is 5.82 Å².